The number of hydrogen-bond donors (Lipinski definition) is 1. The molecule has 4 nitrogen and oxygen atoms in total. The smallest absolute Gasteiger partial charge is 0.151 e. The van der Waals surface area contributed by atoms with Crippen molar-refractivity contribution in [2.75, 3.05) is 19.7 Å². The molecule has 1 N–H and O–H groups in total. The predicted octanol–water partition coefficient (Wildman–Crippen LogP) is 1.68. The molecule has 0 bridgehead atoms. The van der Waals surface area contributed by atoms with Crippen molar-refractivity contribution in [1.82, 2.24) is 15.5 Å². The van der Waals surface area contributed by atoms with Gasteiger partial charge in [-0.25, -0.2) is 0 Å². The third kappa shape index (κ3) is 4.22. The first-order chi connectivity index (χ1) is 7.34. The Kier molecular flexibility index (Phi) is 5.98. The van der Waals surface area contributed by atoms with Crippen LogP contribution in [0.25, 0.3) is 0 Å². The molecule has 16 heavy (non-hydrogen) atoms. The van der Waals surface area contributed by atoms with E-state index in [2.05, 4.69) is 15.5 Å². The highest BCUT2D eigenvalue weighted by Crippen LogP contribution is 2.09. The van der Waals surface area contributed by atoms with Gasteiger partial charge < -0.3 is 10.1 Å². The Hall–Kier alpha value is -0.420. The number of hydrogen-bond acceptors (Lipinski definition) is 4. The zero-order valence-electron chi connectivity index (χ0n) is 8.86. The molecule has 6 heteroatoms. The summed E-state index contributed by atoms with van der Waals surface area (Å²) in [6.45, 7) is 3.47. The average molecular weight is 264 g/mol. The van der Waals surface area contributed by atoms with Crippen LogP contribution in [0.1, 0.15) is 12.1 Å². The topological polar surface area (TPSA) is 47.0 Å². The number of ether oxygens (including phenoxy) is 1. The molecule has 0 aromatic carbocycles. The van der Waals surface area contributed by atoms with Crippen LogP contribution in [-0.2, 0) is 11.3 Å². The van der Waals surface area contributed by atoms with Crippen molar-refractivity contribution in [1.29, 1.82) is 0 Å². The summed E-state index contributed by atoms with van der Waals surface area (Å²) in [4.78, 5) is 0. The van der Waals surface area contributed by atoms with Gasteiger partial charge in [0.25, 0.3) is 0 Å². The minimum atomic E-state index is 0. The van der Waals surface area contributed by atoms with E-state index in [1.165, 1.54) is 6.42 Å². The first kappa shape index (κ1) is 13.6. The Bertz CT molecular complexity index is 301. The Balaban J connectivity index is 0.00000128. The van der Waals surface area contributed by atoms with Crippen LogP contribution in [0, 0.1) is 5.92 Å². The van der Waals surface area contributed by atoms with Crippen LogP contribution in [0.3, 0.4) is 0 Å². The van der Waals surface area contributed by atoms with E-state index in [9.17, 15) is 0 Å². The summed E-state index contributed by atoms with van der Waals surface area (Å²) in [7, 11) is 0. The number of halogens is 2. The molecule has 0 amide bonds. The highest BCUT2D eigenvalue weighted by Gasteiger charge is 2.14. The van der Waals surface area contributed by atoms with E-state index in [1.807, 2.05) is 6.07 Å². The van der Waals surface area contributed by atoms with Gasteiger partial charge in [-0.1, -0.05) is 11.6 Å². The summed E-state index contributed by atoms with van der Waals surface area (Å²) in [5.41, 5.74) is 0.824. The predicted molar refractivity (Wildman–Crippen MR) is 64.9 cm³/mol. The minimum absolute atomic E-state index is 0. The molecule has 0 saturated carbocycles. The molecule has 1 fully saturated rings. The van der Waals surface area contributed by atoms with Gasteiger partial charge in [0.2, 0.25) is 0 Å². The number of nitrogens with zero attached hydrogens (tertiary/aromatic N) is 2. The van der Waals surface area contributed by atoms with E-state index < -0.39 is 0 Å². The average Bonchev–Trinajstić information content (AvgIpc) is 2.74. The third-order valence-electron chi connectivity index (χ3n) is 2.45. The lowest BCUT2D eigenvalue weighted by Crippen LogP contribution is -2.14. The van der Waals surface area contributed by atoms with E-state index in [1.54, 1.807) is 6.07 Å². The monoisotopic (exact) mass is 263 g/mol. The van der Waals surface area contributed by atoms with Gasteiger partial charge in [-0.15, -0.1) is 17.5 Å². The first-order valence-corrected chi connectivity index (χ1v) is 5.49. The van der Waals surface area contributed by atoms with E-state index in [-0.39, 0.29) is 12.4 Å². The Morgan fingerprint density at radius 1 is 1.44 bits per heavy atom. The van der Waals surface area contributed by atoms with Gasteiger partial charge in [-0.05, 0) is 31.0 Å². The van der Waals surface area contributed by atoms with Crippen LogP contribution in [-0.4, -0.2) is 29.9 Å². The maximum Gasteiger partial charge on any atom is 0.151 e. The quantitative estimate of drug-likeness (QED) is 0.898. The molecular formula is C10H15Cl2N3O. The second-order valence-corrected chi connectivity index (χ2v) is 4.11. The highest BCUT2D eigenvalue weighted by molar-refractivity contribution is 6.29. The molecule has 2 heterocycles. The van der Waals surface area contributed by atoms with Crippen LogP contribution < -0.4 is 5.32 Å². The lowest BCUT2D eigenvalue weighted by Gasteiger charge is -2.08. The van der Waals surface area contributed by atoms with Crippen LogP contribution >= 0.6 is 24.0 Å². The van der Waals surface area contributed by atoms with E-state index in [0.717, 1.165) is 25.4 Å². The molecule has 0 radical (unpaired) electrons. The van der Waals surface area contributed by atoms with Gasteiger partial charge in [-0.2, -0.15) is 5.10 Å². The lowest BCUT2D eigenvalue weighted by molar-refractivity contribution is 0.0898. The van der Waals surface area contributed by atoms with E-state index in [0.29, 0.717) is 17.7 Å². The molecule has 1 aliphatic rings. The Morgan fingerprint density at radius 2 is 2.31 bits per heavy atom. The van der Waals surface area contributed by atoms with Gasteiger partial charge in [0.05, 0.1) is 18.9 Å². The maximum atomic E-state index is 5.63. The van der Waals surface area contributed by atoms with Crippen molar-refractivity contribution in [3.63, 3.8) is 0 Å². The number of aromatic nitrogens is 2. The number of rotatable bonds is 4. The van der Waals surface area contributed by atoms with Gasteiger partial charge in [0, 0.05) is 6.54 Å². The molecule has 1 atom stereocenters. The first-order valence-electron chi connectivity index (χ1n) is 5.11. The fourth-order valence-corrected chi connectivity index (χ4v) is 1.71. The van der Waals surface area contributed by atoms with Crippen molar-refractivity contribution >= 4 is 24.0 Å². The molecule has 0 spiro atoms. The van der Waals surface area contributed by atoms with Gasteiger partial charge >= 0.3 is 0 Å². The SMILES string of the molecule is Cl.Clc1ccc(COCC2CCNC2)nn1. The molecule has 1 unspecified atom stereocenters. The summed E-state index contributed by atoms with van der Waals surface area (Å²) in [6.07, 6.45) is 1.20. The second kappa shape index (κ2) is 7.01. The summed E-state index contributed by atoms with van der Waals surface area (Å²) >= 11 is 5.63. The molecule has 0 aliphatic carbocycles. The molecule has 1 aromatic rings. The lowest BCUT2D eigenvalue weighted by atomic mass is 10.1. The largest absolute Gasteiger partial charge is 0.375 e. The Morgan fingerprint density at radius 3 is 2.94 bits per heavy atom. The fourth-order valence-electron chi connectivity index (χ4n) is 1.61. The number of nitrogens with one attached hydrogen (secondary N) is 1. The standard InChI is InChI=1S/C10H14ClN3O.ClH/c11-10-2-1-9(13-14-10)7-15-6-8-3-4-12-5-8;/h1-2,8,12H,3-7H2;1H. The van der Waals surface area contributed by atoms with Crippen LogP contribution in [0.15, 0.2) is 12.1 Å². The van der Waals surface area contributed by atoms with Gasteiger partial charge in [0.1, 0.15) is 0 Å². The van der Waals surface area contributed by atoms with Gasteiger partial charge in [0.15, 0.2) is 5.15 Å². The zero-order valence-corrected chi connectivity index (χ0v) is 10.4. The van der Waals surface area contributed by atoms with Crippen molar-refractivity contribution in [3.05, 3.63) is 23.0 Å². The van der Waals surface area contributed by atoms with Crippen LogP contribution in [0.5, 0.6) is 0 Å². The van der Waals surface area contributed by atoms with Crippen LogP contribution in [0.4, 0.5) is 0 Å². The molecular weight excluding hydrogens is 249 g/mol. The van der Waals surface area contributed by atoms with E-state index >= 15 is 0 Å². The second-order valence-electron chi connectivity index (χ2n) is 3.72. The van der Waals surface area contributed by atoms with E-state index in [4.69, 9.17) is 16.3 Å². The minimum Gasteiger partial charge on any atom is -0.375 e. The third-order valence-corrected chi connectivity index (χ3v) is 2.65. The maximum absolute atomic E-state index is 5.63. The van der Waals surface area contributed by atoms with Crippen molar-refractivity contribution < 1.29 is 4.74 Å². The molecule has 90 valence electrons. The van der Waals surface area contributed by atoms with Crippen LogP contribution in [0.2, 0.25) is 5.15 Å². The summed E-state index contributed by atoms with van der Waals surface area (Å²) in [6, 6.07) is 3.56. The van der Waals surface area contributed by atoms with Crippen molar-refractivity contribution in [2.45, 2.75) is 13.0 Å². The molecule has 1 saturated heterocycles. The fraction of sp³-hybridized carbons (Fsp3) is 0.600. The summed E-state index contributed by atoms with van der Waals surface area (Å²) in [5, 5.41) is 11.4. The zero-order chi connectivity index (χ0) is 10.5. The molecule has 1 aromatic heterocycles. The summed E-state index contributed by atoms with van der Waals surface area (Å²) < 4.78 is 5.56. The summed E-state index contributed by atoms with van der Waals surface area (Å²) in [5.74, 6) is 0.644. The van der Waals surface area contributed by atoms with Crippen molar-refractivity contribution in [3.8, 4) is 0 Å². The molecule has 2 rings (SSSR count). The normalized spacial score (nSPS) is 19.4. The molecule has 1 aliphatic heterocycles. The van der Waals surface area contributed by atoms with Crippen molar-refractivity contribution in [2.24, 2.45) is 5.92 Å². The van der Waals surface area contributed by atoms with Gasteiger partial charge in [-0.3, -0.25) is 0 Å². The highest BCUT2D eigenvalue weighted by atomic mass is 35.5. The Labute approximate surface area is 106 Å².